The number of likely N-dealkylation sites (tertiary alicyclic amines) is 1. The molecule has 1 aromatic heterocycles. The molecule has 0 amide bonds. The summed E-state index contributed by atoms with van der Waals surface area (Å²) in [4.78, 5) is 15.5. The number of piperidine rings is 1. The highest BCUT2D eigenvalue weighted by atomic mass is 19.1. The van der Waals surface area contributed by atoms with Crippen molar-refractivity contribution in [2.24, 2.45) is 0 Å². The number of halogens is 1. The minimum atomic E-state index is -0.490. The molecule has 1 atom stereocenters. The Morgan fingerprint density at radius 2 is 1.62 bits per heavy atom. The average molecular weight is 457 g/mol. The van der Waals surface area contributed by atoms with Gasteiger partial charge in [-0.25, -0.2) is 18.4 Å². The lowest BCUT2D eigenvalue weighted by molar-refractivity contribution is 0.204. The number of benzene rings is 3. The molecule has 0 saturated carbocycles. The fourth-order valence-electron chi connectivity index (χ4n) is 4.88. The van der Waals surface area contributed by atoms with Crippen LogP contribution in [0.5, 0.6) is 0 Å². The molecule has 1 saturated heterocycles. The Labute approximate surface area is 199 Å². The Hall–Kier alpha value is -3.51. The van der Waals surface area contributed by atoms with E-state index in [0.29, 0.717) is 11.5 Å². The first kappa shape index (κ1) is 22.3. The van der Waals surface area contributed by atoms with E-state index >= 15 is 0 Å². The molecule has 2 heterocycles. The van der Waals surface area contributed by atoms with Gasteiger partial charge in [0.25, 0.3) is 0 Å². The third-order valence-corrected chi connectivity index (χ3v) is 6.89. The molecule has 1 fully saturated rings. The van der Waals surface area contributed by atoms with Crippen LogP contribution in [0, 0.1) is 5.82 Å². The first-order valence-corrected chi connectivity index (χ1v) is 11.9. The second kappa shape index (κ2) is 9.77. The monoisotopic (exact) mass is 456 g/mol. The number of nitrogens with zero attached hydrogens (tertiary/aromatic N) is 4. The number of rotatable bonds is 6. The lowest BCUT2D eigenvalue weighted by Gasteiger charge is -2.32. The smallest absolute Gasteiger partial charge is 0.299 e. The van der Waals surface area contributed by atoms with Crippen molar-refractivity contribution in [2.75, 3.05) is 13.1 Å². The molecule has 0 radical (unpaired) electrons. The molecule has 0 bridgehead atoms. The fourth-order valence-corrected chi connectivity index (χ4v) is 4.88. The highest BCUT2D eigenvalue weighted by Crippen LogP contribution is 2.29. The van der Waals surface area contributed by atoms with Gasteiger partial charge in [-0.3, -0.25) is 4.90 Å². The lowest BCUT2D eigenvalue weighted by atomic mass is 9.89. The molecule has 0 spiro atoms. The van der Waals surface area contributed by atoms with Gasteiger partial charge < -0.3 is 0 Å². The van der Waals surface area contributed by atoms with Crippen LogP contribution in [0.25, 0.3) is 5.69 Å². The highest BCUT2D eigenvalue weighted by molar-refractivity contribution is 5.36. The van der Waals surface area contributed by atoms with Crippen molar-refractivity contribution in [1.82, 2.24) is 19.2 Å². The van der Waals surface area contributed by atoms with E-state index in [9.17, 15) is 9.18 Å². The second-order valence-electron chi connectivity index (χ2n) is 9.05. The van der Waals surface area contributed by atoms with Crippen molar-refractivity contribution in [2.45, 2.75) is 38.3 Å². The topological polar surface area (TPSA) is 43.1 Å². The van der Waals surface area contributed by atoms with Crippen LogP contribution >= 0.6 is 0 Å². The summed E-state index contributed by atoms with van der Waals surface area (Å²) in [6.07, 6.45) is 3.77. The molecule has 0 N–H and O–H groups in total. The van der Waals surface area contributed by atoms with Crippen LogP contribution in [0.2, 0.25) is 0 Å². The number of hydrogen-bond acceptors (Lipinski definition) is 3. The SMILES string of the molecule is C[C@H](c1ccccc1F)n1ncn(-c2ccc(C3CCN(Cc4ccccc4)CC3)cc2)c1=O. The Morgan fingerprint density at radius 1 is 0.941 bits per heavy atom. The third kappa shape index (κ3) is 4.59. The van der Waals surface area contributed by atoms with Crippen molar-refractivity contribution in [3.8, 4) is 5.69 Å². The molecule has 4 aromatic rings. The van der Waals surface area contributed by atoms with Crippen LogP contribution in [0.4, 0.5) is 4.39 Å². The Bertz CT molecular complexity index is 1290. The lowest BCUT2D eigenvalue weighted by Crippen LogP contribution is -2.32. The van der Waals surface area contributed by atoms with Crippen LogP contribution in [-0.2, 0) is 6.54 Å². The van der Waals surface area contributed by atoms with Gasteiger partial charge in [0, 0.05) is 12.1 Å². The maximum atomic E-state index is 14.2. The van der Waals surface area contributed by atoms with Crippen molar-refractivity contribution in [3.05, 3.63) is 118 Å². The predicted molar refractivity (Wildman–Crippen MR) is 132 cm³/mol. The molecule has 3 aromatic carbocycles. The second-order valence-corrected chi connectivity index (χ2v) is 9.05. The zero-order chi connectivity index (χ0) is 23.5. The van der Waals surface area contributed by atoms with Crippen LogP contribution in [0.15, 0.2) is 90.0 Å². The average Bonchev–Trinajstić information content (AvgIpc) is 3.26. The highest BCUT2D eigenvalue weighted by Gasteiger charge is 2.21. The summed E-state index contributed by atoms with van der Waals surface area (Å²) in [6.45, 7) is 4.96. The molecule has 0 aliphatic carbocycles. The molecule has 1 aliphatic heterocycles. The zero-order valence-electron chi connectivity index (χ0n) is 19.3. The zero-order valence-corrected chi connectivity index (χ0v) is 19.3. The van der Waals surface area contributed by atoms with Gasteiger partial charge >= 0.3 is 5.69 Å². The molecular weight excluding hydrogens is 427 g/mol. The summed E-state index contributed by atoms with van der Waals surface area (Å²) in [7, 11) is 0. The molecule has 5 rings (SSSR count). The van der Waals surface area contributed by atoms with Crippen LogP contribution in [0.1, 0.15) is 48.4 Å². The van der Waals surface area contributed by atoms with Gasteiger partial charge in [0.2, 0.25) is 0 Å². The quantitative estimate of drug-likeness (QED) is 0.402. The maximum Gasteiger partial charge on any atom is 0.350 e. The maximum absolute atomic E-state index is 14.2. The molecule has 1 aliphatic rings. The predicted octanol–water partition coefficient (Wildman–Crippen LogP) is 5.16. The summed E-state index contributed by atoms with van der Waals surface area (Å²) in [5, 5.41) is 4.26. The van der Waals surface area contributed by atoms with E-state index in [0.717, 1.165) is 38.2 Å². The van der Waals surface area contributed by atoms with Crippen LogP contribution in [-0.4, -0.2) is 32.3 Å². The molecule has 5 nitrogen and oxygen atoms in total. The van der Waals surface area contributed by atoms with Crippen molar-refractivity contribution < 1.29 is 4.39 Å². The van der Waals surface area contributed by atoms with E-state index in [1.54, 1.807) is 25.1 Å². The third-order valence-electron chi connectivity index (χ3n) is 6.89. The Balaban J connectivity index is 1.25. The molecule has 174 valence electrons. The van der Waals surface area contributed by atoms with Gasteiger partial charge in [0.15, 0.2) is 0 Å². The molecule has 34 heavy (non-hydrogen) atoms. The number of aromatic nitrogens is 3. The van der Waals surface area contributed by atoms with Crippen LogP contribution in [0.3, 0.4) is 0 Å². The Kier molecular flexibility index (Phi) is 6.41. The van der Waals surface area contributed by atoms with Gasteiger partial charge in [-0.2, -0.15) is 5.10 Å². The van der Waals surface area contributed by atoms with Gasteiger partial charge in [-0.1, -0.05) is 60.7 Å². The summed E-state index contributed by atoms with van der Waals surface area (Å²) >= 11 is 0. The summed E-state index contributed by atoms with van der Waals surface area (Å²) < 4.78 is 17.0. The summed E-state index contributed by atoms with van der Waals surface area (Å²) in [5.74, 6) is 0.192. The van der Waals surface area contributed by atoms with E-state index < -0.39 is 6.04 Å². The van der Waals surface area contributed by atoms with Gasteiger partial charge in [0.05, 0.1) is 11.7 Å². The normalized spacial score (nSPS) is 15.9. The van der Waals surface area contributed by atoms with Gasteiger partial charge in [-0.15, -0.1) is 0 Å². The molecule has 0 unspecified atom stereocenters. The van der Waals surface area contributed by atoms with E-state index in [1.807, 2.05) is 12.1 Å². The van der Waals surface area contributed by atoms with Crippen molar-refractivity contribution >= 4 is 0 Å². The van der Waals surface area contributed by atoms with Gasteiger partial charge in [0.1, 0.15) is 12.1 Å². The first-order valence-electron chi connectivity index (χ1n) is 11.9. The van der Waals surface area contributed by atoms with E-state index in [-0.39, 0.29) is 11.5 Å². The van der Waals surface area contributed by atoms with E-state index in [4.69, 9.17) is 0 Å². The standard InChI is InChI=1S/C28H29FN4O/c1-21(26-9-5-6-10-27(26)29)33-28(34)32(20-30-33)25-13-11-23(12-14-25)24-15-17-31(18-16-24)19-22-7-3-2-4-8-22/h2-14,20-21,24H,15-19H2,1H3/t21-/m1/s1. The van der Waals surface area contributed by atoms with Crippen molar-refractivity contribution in [1.29, 1.82) is 0 Å². The van der Waals surface area contributed by atoms with Crippen LogP contribution < -0.4 is 5.69 Å². The van der Waals surface area contributed by atoms with E-state index in [2.05, 4.69) is 52.5 Å². The minimum absolute atomic E-state index is 0.280. The first-order chi connectivity index (χ1) is 16.6. The molecule has 6 heteroatoms. The largest absolute Gasteiger partial charge is 0.350 e. The fraction of sp³-hybridized carbons (Fsp3) is 0.286. The van der Waals surface area contributed by atoms with Gasteiger partial charge in [-0.05, 0) is 68.1 Å². The molecular formula is C28H29FN4O. The van der Waals surface area contributed by atoms with E-state index in [1.165, 1.54) is 32.8 Å². The Morgan fingerprint density at radius 3 is 2.32 bits per heavy atom. The summed E-state index contributed by atoms with van der Waals surface area (Å²) in [6, 6.07) is 24.8. The van der Waals surface area contributed by atoms with Crippen molar-refractivity contribution in [3.63, 3.8) is 0 Å². The number of hydrogen-bond donors (Lipinski definition) is 0. The summed E-state index contributed by atoms with van der Waals surface area (Å²) in [5.41, 5.74) is 3.60. The minimum Gasteiger partial charge on any atom is -0.299 e.